The number of aromatic amines is 1. The van der Waals surface area contributed by atoms with Gasteiger partial charge >= 0.3 is 5.97 Å². The minimum atomic E-state index is -0.461. The first-order valence-corrected chi connectivity index (χ1v) is 4.78. The number of hydrogen-bond acceptors (Lipinski definition) is 3. The van der Waals surface area contributed by atoms with Gasteiger partial charge in [-0.15, -0.1) is 11.6 Å². The van der Waals surface area contributed by atoms with Crippen molar-refractivity contribution >= 4 is 17.6 Å². The molecule has 1 aromatic heterocycles. The van der Waals surface area contributed by atoms with Crippen LogP contribution in [-0.2, 0) is 10.6 Å². The Balaban J connectivity index is 3.10. The van der Waals surface area contributed by atoms with Gasteiger partial charge in [-0.2, -0.15) is 0 Å². The molecule has 0 saturated heterocycles. The van der Waals surface area contributed by atoms with Crippen molar-refractivity contribution in [2.24, 2.45) is 0 Å². The number of aromatic hydroxyl groups is 1. The zero-order chi connectivity index (χ0) is 10.7. The quantitative estimate of drug-likeness (QED) is 0.601. The first-order valence-electron chi connectivity index (χ1n) is 4.25. The maximum Gasteiger partial charge on any atom is 0.340 e. The SMILES string of the molecule is CCOC(=O)c1c(CCl)[nH]c(O)c1C. The Morgan fingerprint density at radius 2 is 2.29 bits per heavy atom. The fourth-order valence-electron chi connectivity index (χ4n) is 1.22. The van der Waals surface area contributed by atoms with Crippen molar-refractivity contribution in [1.29, 1.82) is 0 Å². The van der Waals surface area contributed by atoms with Crippen molar-refractivity contribution in [2.45, 2.75) is 19.7 Å². The molecule has 0 fully saturated rings. The number of halogens is 1. The third-order valence-electron chi connectivity index (χ3n) is 1.91. The summed E-state index contributed by atoms with van der Waals surface area (Å²) >= 11 is 5.61. The van der Waals surface area contributed by atoms with Gasteiger partial charge in [-0.1, -0.05) is 0 Å². The second-order valence-electron chi connectivity index (χ2n) is 2.81. The second-order valence-corrected chi connectivity index (χ2v) is 3.07. The topological polar surface area (TPSA) is 62.3 Å². The van der Waals surface area contributed by atoms with E-state index in [0.717, 1.165) is 0 Å². The van der Waals surface area contributed by atoms with E-state index in [0.29, 0.717) is 23.4 Å². The van der Waals surface area contributed by atoms with Crippen molar-refractivity contribution in [3.63, 3.8) is 0 Å². The van der Waals surface area contributed by atoms with Gasteiger partial charge in [-0.05, 0) is 13.8 Å². The number of alkyl halides is 1. The number of nitrogens with one attached hydrogen (secondary N) is 1. The van der Waals surface area contributed by atoms with Gasteiger partial charge in [-0.3, -0.25) is 0 Å². The first-order chi connectivity index (χ1) is 6.61. The molecule has 0 aromatic carbocycles. The van der Waals surface area contributed by atoms with E-state index in [2.05, 4.69) is 4.98 Å². The fourth-order valence-corrected chi connectivity index (χ4v) is 1.42. The molecule has 0 spiro atoms. The summed E-state index contributed by atoms with van der Waals surface area (Å²) < 4.78 is 4.84. The van der Waals surface area contributed by atoms with Gasteiger partial charge < -0.3 is 14.8 Å². The van der Waals surface area contributed by atoms with E-state index >= 15 is 0 Å². The Kier molecular flexibility index (Phi) is 3.41. The highest BCUT2D eigenvalue weighted by molar-refractivity contribution is 6.17. The van der Waals surface area contributed by atoms with Crippen molar-refractivity contribution in [3.8, 4) is 5.88 Å². The summed E-state index contributed by atoms with van der Waals surface area (Å²) in [6.07, 6.45) is 0. The number of aromatic nitrogens is 1. The number of H-pyrrole nitrogens is 1. The lowest BCUT2D eigenvalue weighted by Gasteiger charge is -2.02. The molecular formula is C9H12ClNO3. The van der Waals surface area contributed by atoms with Crippen molar-refractivity contribution in [3.05, 3.63) is 16.8 Å². The minimum Gasteiger partial charge on any atom is -0.494 e. The Morgan fingerprint density at radius 3 is 2.79 bits per heavy atom. The van der Waals surface area contributed by atoms with Crippen LogP contribution >= 0.6 is 11.6 Å². The van der Waals surface area contributed by atoms with Gasteiger partial charge in [0, 0.05) is 11.3 Å². The van der Waals surface area contributed by atoms with Crippen LogP contribution in [0.25, 0.3) is 0 Å². The van der Waals surface area contributed by atoms with E-state index < -0.39 is 5.97 Å². The average Bonchev–Trinajstić information content (AvgIpc) is 2.43. The van der Waals surface area contributed by atoms with Crippen LogP contribution in [-0.4, -0.2) is 22.7 Å². The van der Waals surface area contributed by atoms with Gasteiger partial charge in [0.25, 0.3) is 0 Å². The van der Waals surface area contributed by atoms with Gasteiger partial charge in [0.05, 0.1) is 18.1 Å². The van der Waals surface area contributed by atoms with E-state index in [4.69, 9.17) is 16.3 Å². The molecule has 0 atom stereocenters. The van der Waals surface area contributed by atoms with Crippen LogP contribution in [0, 0.1) is 6.92 Å². The predicted molar refractivity (Wildman–Crippen MR) is 52.7 cm³/mol. The summed E-state index contributed by atoms with van der Waals surface area (Å²) in [5.74, 6) is -0.365. The lowest BCUT2D eigenvalue weighted by Crippen LogP contribution is -2.07. The van der Waals surface area contributed by atoms with E-state index in [1.165, 1.54) is 0 Å². The number of carbonyl (C=O) groups is 1. The first kappa shape index (κ1) is 10.9. The second kappa shape index (κ2) is 4.37. The van der Waals surface area contributed by atoms with Crippen LogP contribution in [0.1, 0.15) is 28.5 Å². The molecule has 0 aliphatic carbocycles. The number of carbonyl (C=O) groups excluding carboxylic acids is 1. The number of hydrogen-bond donors (Lipinski definition) is 2. The molecule has 0 aliphatic rings. The highest BCUT2D eigenvalue weighted by Crippen LogP contribution is 2.25. The molecule has 0 aliphatic heterocycles. The molecule has 1 aromatic rings. The fraction of sp³-hybridized carbons (Fsp3) is 0.444. The smallest absolute Gasteiger partial charge is 0.340 e. The molecule has 0 amide bonds. The maximum atomic E-state index is 11.4. The van der Waals surface area contributed by atoms with Gasteiger partial charge in [-0.25, -0.2) is 4.79 Å². The van der Waals surface area contributed by atoms with Crippen LogP contribution in [0.15, 0.2) is 0 Å². The van der Waals surface area contributed by atoms with E-state index in [1.54, 1.807) is 13.8 Å². The summed E-state index contributed by atoms with van der Waals surface area (Å²) in [6, 6.07) is 0. The molecule has 4 nitrogen and oxygen atoms in total. The molecule has 2 N–H and O–H groups in total. The molecule has 1 heterocycles. The lowest BCUT2D eigenvalue weighted by atomic mass is 10.1. The Labute approximate surface area is 86.8 Å². The molecule has 0 saturated carbocycles. The highest BCUT2D eigenvalue weighted by Gasteiger charge is 2.20. The zero-order valence-corrected chi connectivity index (χ0v) is 8.81. The average molecular weight is 218 g/mol. The molecule has 0 bridgehead atoms. The Bertz CT molecular complexity index is 346. The van der Waals surface area contributed by atoms with Gasteiger partial charge in [0.1, 0.15) is 0 Å². The van der Waals surface area contributed by atoms with Crippen molar-refractivity contribution in [2.75, 3.05) is 6.61 Å². The molecule has 0 unspecified atom stereocenters. The van der Waals surface area contributed by atoms with Crippen LogP contribution in [0.5, 0.6) is 5.88 Å². The van der Waals surface area contributed by atoms with Crippen molar-refractivity contribution < 1.29 is 14.6 Å². The third kappa shape index (κ3) is 1.85. The molecule has 5 heteroatoms. The maximum absolute atomic E-state index is 11.4. The largest absolute Gasteiger partial charge is 0.494 e. The van der Waals surface area contributed by atoms with Crippen LogP contribution in [0.2, 0.25) is 0 Å². The van der Waals surface area contributed by atoms with Crippen molar-refractivity contribution in [1.82, 2.24) is 4.98 Å². The zero-order valence-electron chi connectivity index (χ0n) is 8.06. The summed E-state index contributed by atoms with van der Waals surface area (Å²) in [6.45, 7) is 3.65. The Hall–Kier alpha value is -1.16. The molecular weight excluding hydrogens is 206 g/mol. The molecule has 14 heavy (non-hydrogen) atoms. The van der Waals surface area contributed by atoms with Crippen LogP contribution in [0.4, 0.5) is 0 Å². The van der Waals surface area contributed by atoms with Gasteiger partial charge in [0.15, 0.2) is 5.88 Å². The lowest BCUT2D eigenvalue weighted by molar-refractivity contribution is 0.0524. The molecule has 78 valence electrons. The van der Waals surface area contributed by atoms with Crippen LogP contribution in [0.3, 0.4) is 0 Å². The van der Waals surface area contributed by atoms with E-state index in [1.807, 2.05) is 0 Å². The Morgan fingerprint density at radius 1 is 1.64 bits per heavy atom. The van der Waals surface area contributed by atoms with Gasteiger partial charge in [0.2, 0.25) is 0 Å². The number of ether oxygens (including phenoxy) is 1. The van der Waals surface area contributed by atoms with E-state index in [-0.39, 0.29) is 11.8 Å². The standard InChI is InChI=1S/C9H12ClNO3/c1-3-14-9(13)7-5(2)8(12)11-6(7)4-10/h11-12H,3-4H2,1-2H3. The summed E-state index contributed by atoms with van der Waals surface area (Å²) in [7, 11) is 0. The van der Waals surface area contributed by atoms with Crippen LogP contribution < -0.4 is 0 Å². The monoisotopic (exact) mass is 217 g/mol. The number of rotatable bonds is 3. The summed E-state index contributed by atoms with van der Waals surface area (Å²) in [4.78, 5) is 14.1. The molecule has 1 rings (SSSR count). The minimum absolute atomic E-state index is 0.0382. The normalized spacial score (nSPS) is 10.2. The summed E-state index contributed by atoms with van der Waals surface area (Å²) in [5, 5.41) is 9.35. The van der Waals surface area contributed by atoms with E-state index in [9.17, 15) is 9.90 Å². The third-order valence-corrected chi connectivity index (χ3v) is 2.18. The number of esters is 1. The highest BCUT2D eigenvalue weighted by atomic mass is 35.5. The molecule has 0 radical (unpaired) electrons. The predicted octanol–water partition coefficient (Wildman–Crippen LogP) is 1.94. The summed E-state index contributed by atoms with van der Waals surface area (Å²) in [5.41, 5.74) is 1.29.